The summed E-state index contributed by atoms with van der Waals surface area (Å²) in [4.78, 5) is 13.3. The highest BCUT2D eigenvalue weighted by molar-refractivity contribution is 5.91. The molecule has 0 saturated carbocycles. The molecule has 0 aromatic heterocycles. The molecular formula is C16H18F3NO2. The molecule has 2 rings (SSSR count). The highest BCUT2D eigenvalue weighted by Crippen LogP contribution is 2.38. The molecule has 3 nitrogen and oxygen atoms in total. The molecule has 0 spiro atoms. The fourth-order valence-corrected chi connectivity index (χ4v) is 2.43. The fraction of sp³-hybridized carbons (Fsp3) is 0.438. The van der Waals surface area contributed by atoms with E-state index in [1.54, 1.807) is 6.08 Å². The lowest BCUT2D eigenvalue weighted by molar-refractivity contribution is -0.271. The number of rotatable bonds is 2. The Hall–Kier alpha value is -1.82. The summed E-state index contributed by atoms with van der Waals surface area (Å²) in [5, 5.41) is 9.56. The molecule has 0 radical (unpaired) electrons. The van der Waals surface area contributed by atoms with Crippen molar-refractivity contribution in [2.24, 2.45) is 0 Å². The number of aliphatic hydroxyl groups is 1. The van der Waals surface area contributed by atoms with Crippen molar-refractivity contribution >= 4 is 12.0 Å². The van der Waals surface area contributed by atoms with Crippen LogP contribution in [0.5, 0.6) is 0 Å². The summed E-state index contributed by atoms with van der Waals surface area (Å²) in [6.07, 6.45) is -2.63. The highest BCUT2D eigenvalue weighted by Gasteiger charge is 2.54. The number of hydrogen-bond donors (Lipinski definition) is 1. The molecule has 0 aliphatic carbocycles. The second kappa shape index (κ2) is 6.12. The highest BCUT2D eigenvalue weighted by atomic mass is 19.4. The van der Waals surface area contributed by atoms with Gasteiger partial charge in [0.25, 0.3) is 0 Å². The van der Waals surface area contributed by atoms with Crippen molar-refractivity contribution in [1.82, 2.24) is 4.90 Å². The summed E-state index contributed by atoms with van der Waals surface area (Å²) in [7, 11) is 0. The molecule has 22 heavy (non-hydrogen) atoms. The van der Waals surface area contributed by atoms with Gasteiger partial charge >= 0.3 is 6.18 Å². The van der Waals surface area contributed by atoms with Crippen LogP contribution in [0.1, 0.15) is 24.0 Å². The number of nitrogens with zero attached hydrogens (tertiary/aromatic N) is 1. The molecule has 1 aliphatic rings. The predicted octanol–water partition coefficient (Wildman–Crippen LogP) is 2.92. The molecule has 0 atom stereocenters. The number of carbonyl (C=O) groups is 1. The van der Waals surface area contributed by atoms with Crippen LogP contribution in [-0.4, -0.2) is 40.8 Å². The number of carbonyl (C=O) groups excluding carboxylic acids is 1. The van der Waals surface area contributed by atoms with Gasteiger partial charge in [-0.1, -0.05) is 29.8 Å². The van der Waals surface area contributed by atoms with Gasteiger partial charge in [0.05, 0.1) is 0 Å². The van der Waals surface area contributed by atoms with Gasteiger partial charge in [0.15, 0.2) is 5.60 Å². The number of piperidine rings is 1. The van der Waals surface area contributed by atoms with Gasteiger partial charge in [-0.05, 0) is 18.6 Å². The first-order valence-corrected chi connectivity index (χ1v) is 7.04. The lowest BCUT2D eigenvalue weighted by atomic mass is 9.91. The second-order valence-electron chi connectivity index (χ2n) is 5.60. The third kappa shape index (κ3) is 3.68. The zero-order valence-electron chi connectivity index (χ0n) is 12.2. The number of likely N-dealkylation sites (tertiary alicyclic amines) is 1. The second-order valence-corrected chi connectivity index (χ2v) is 5.60. The van der Waals surface area contributed by atoms with Gasteiger partial charge in [0.1, 0.15) is 0 Å². The Morgan fingerprint density at radius 1 is 1.32 bits per heavy atom. The maximum atomic E-state index is 12.7. The lowest BCUT2D eigenvalue weighted by Crippen LogP contribution is -2.54. The summed E-state index contributed by atoms with van der Waals surface area (Å²) in [5.74, 6) is -0.342. The maximum Gasteiger partial charge on any atom is 0.417 e. The third-order valence-corrected chi connectivity index (χ3v) is 3.89. The molecule has 1 aliphatic heterocycles. The van der Waals surface area contributed by atoms with Gasteiger partial charge in [-0.2, -0.15) is 13.2 Å². The summed E-state index contributed by atoms with van der Waals surface area (Å²) < 4.78 is 38.1. The fourth-order valence-electron chi connectivity index (χ4n) is 2.43. The minimum atomic E-state index is -4.65. The van der Waals surface area contributed by atoms with Crippen molar-refractivity contribution in [3.63, 3.8) is 0 Å². The van der Waals surface area contributed by atoms with Crippen molar-refractivity contribution in [3.05, 3.63) is 41.5 Å². The summed E-state index contributed by atoms with van der Waals surface area (Å²) in [5.41, 5.74) is -0.760. The Morgan fingerprint density at radius 2 is 1.95 bits per heavy atom. The Kier molecular flexibility index (Phi) is 4.60. The van der Waals surface area contributed by atoms with E-state index in [-0.39, 0.29) is 19.0 Å². The van der Waals surface area contributed by atoms with Crippen LogP contribution in [0.2, 0.25) is 0 Å². The normalized spacial score (nSPS) is 18.7. The van der Waals surface area contributed by atoms with Crippen LogP contribution >= 0.6 is 0 Å². The van der Waals surface area contributed by atoms with Gasteiger partial charge in [-0.15, -0.1) is 0 Å². The Bertz CT molecular complexity index is 573. The summed E-state index contributed by atoms with van der Waals surface area (Å²) >= 11 is 0. The van der Waals surface area contributed by atoms with Crippen molar-refractivity contribution in [2.45, 2.75) is 31.5 Å². The standard InChI is InChI=1S/C16H18F3NO2/c1-12-3-2-4-13(11-12)5-6-14(21)20-9-7-15(22,8-10-20)16(17,18)19/h2-6,11,22H,7-10H2,1H3/b6-5+. The largest absolute Gasteiger partial charge is 0.417 e. The summed E-state index contributed by atoms with van der Waals surface area (Å²) in [6, 6.07) is 7.55. The number of halogens is 3. The summed E-state index contributed by atoms with van der Waals surface area (Å²) in [6.45, 7) is 1.72. The first kappa shape index (κ1) is 16.5. The monoisotopic (exact) mass is 313 g/mol. The van der Waals surface area contributed by atoms with Gasteiger partial charge in [0.2, 0.25) is 5.91 Å². The molecule has 120 valence electrons. The molecule has 1 amide bonds. The van der Waals surface area contributed by atoms with Crippen LogP contribution in [0.3, 0.4) is 0 Å². The van der Waals surface area contributed by atoms with Gasteiger partial charge in [-0.25, -0.2) is 0 Å². The minimum Gasteiger partial charge on any atom is -0.380 e. The first-order valence-electron chi connectivity index (χ1n) is 7.04. The topological polar surface area (TPSA) is 40.5 Å². The van der Waals surface area contributed by atoms with E-state index in [0.29, 0.717) is 0 Å². The molecule has 0 unspecified atom stereocenters. The van der Waals surface area contributed by atoms with E-state index in [0.717, 1.165) is 11.1 Å². The van der Waals surface area contributed by atoms with E-state index in [4.69, 9.17) is 0 Å². The predicted molar refractivity (Wildman–Crippen MR) is 77.0 cm³/mol. The van der Waals surface area contributed by atoms with E-state index in [9.17, 15) is 23.1 Å². The van der Waals surface area contributed by atoms with E-state index in [1.165, 1.54) is 11.0 Å². The molecule has 1 saturated heterocycles. The minimum absolute atomic E-state index is 0.104. The SMILES string of the molecule is Cc1cccc(/C=C/C(=O)N2CCC(O)(C(F)(F)F)CC2)c1. The zero-order valence-corrected chi connectivity index (χ0v) is 12.2. The van der Waals surface area contributed by atoms with Gasteiger partial charge in [-0.3, -0.25) is 4.79 Å². The van der Waals surface area contributed by atoms with Crippen molar-refractivity contribution in [3.8, 4) is 0 Å². The lowest BCUT2D eigenvalue weighted by Gasteiger charge is -2.38. The van der Waals surface area contributed by atoms with Crippen LogP contribution in [0.4, 0.5) is 13.2 Å². The Balaban J connectivity index is 1.96. The molecule has 1 heterocycles. The van der Waals surface area contributed by atoms with Crippen LogP contribution in [-0.2, 0) is 4.79 Å². The van der Waals surface area contributed by atoms with Crippen LogP contribution < -0.4 is 0 Å². The van der Waals surface area contributed by atoms with Crippen LogP contribution in [0, 0.1) is 6.92 Å². The molecular weight excluding hydrogens is 295 g/mol. The van der Waals surface area contributed by atoms with E-state index in [2.05, 4.69) is 0 Å². The van der Waals surface area contributed by atoms with Gasteiger partial charge < -0.3 is 10.0 Å². The number of aryl methyl sites for hydroxylation is 1. The van der Waals surface area contributed by atoms with Crippen LogP contribution in [0.15, 0.2) is 30.3 Å². The quantitative estimate of drug-likeness (QED) is 0.853. The molecule has 1 aromatic carbocycles. The maximum absolute atomic E-state index is 12.7. The van der Waals surface area contributed by atoms with Crippen molar-refractivity contribution in [1.29, 1.82) is 0 Å². The first-order chi connectivity index (χ1) is 10.2. The molecule has 1 aromatic rings. The average Bonchev–Trinajstić information content (AvgIpc) is 2.44. The molecule has 1 fully saturated rings. The smallest absolute Gasteiger partial charge is 0.380 e. The molecule has 1 N–H and O–H groups in total. The van der Waals surface area contributed by atoms with E-state index in [1.807, 2.05) is 31.2 Å². The average molecular weight is 313 g/mol. The molecule has 6 heteroatoms. The zero-order chi connectivity index (χ0) is 16.4. The van der Waals surface area contributed by atoms with Gasteiger partial charge in [0, 0.05) is 32.0 Å². The number of benzene rings is 1. The number of alkyl halides is 3. The Morgan fingerprint density at radius 3 is 2.50 bits per heavy atom. The van der Waals surface area contributed by atoms with Crippen molar-refractivity contribution < 1.29 is 23.1 Å². The van der Waals surface area contributed by atoms with E-state index < -0.39 is 24.6 Å². The van der Waals surface area contributed by atoms with Crippen molar-refractivity contribution in [2.75, 3.05) is 13.1 Å². The Labute approximate surface area is 127 Å². The van der Waals surface area contributed by atoms with E-state index >= 15 is 0 Å². The number of hydrogen-bond acceptors (Lipinski definition) is 2. The number of amides is 1. The third-order valence-electron chi connectivity index (χ3n) is 3.89. The van der Waals surface area contributed by atoms with Crippen LogP contribution in [0.25, 0.3) is 6.08 Å². The molecule has 0 bridgehead atoms.